The van der Waals surface area contributed by atoms with E-state index in [-0.39, 0.29) is 0 Å². The van der Waals surface area contributed by atoms with Gasteiger partial charge in [-0.3, -0.25) is 10.1 Å². The van der Waals surface area contributed by atoms with Crippen LogP contribution in [0, 0.1) is 15.9 Å². The summed E-state index contributed by atoms with van der Waals surface area (Å²) < 4.78 is 13.6. The summed E-state index contributed by atoms with van der Waals surface area (Å²) in [6, 6.07) is 15.5. The van der Waals surface area contributed by atoms with Gasteiger partial charge < -0.3 is 10.6 Å². The average molecular weight is 393 g/mol. The summed E-state index contributed by atoms with van der Waals surface area (Å²) in [5, 5.41) is 17.4. The number of aromatic nitrogens is 2. The van der Waals surface area contributed by atoms with E-state index in [2.05, 4.69) is 20.6 Å². The Morgan fingerprint density at radius 3 is 2.52 bits per heavy atom. The van der Waals surface area contributed by atoms with Crippen molar-refractivity contribution < 1.29 is 9.31 Å². The minimum absolute atomic E-state index is 0.334. The van der Waals surface area contributed by atoms with Crippen molar-refractivity contribution in [3.8, 4) is 11.3 Å². The molecule has 29 heavy (non-hydrogen) atoms. The Kier molecular flexibility index (Phi) is 5.33. The van der Waals surface area contributed by atoms with Crippen molar-refractivity contribution in [2.24, 2.45) is 0 Å². The third-order valence-corrected chi connectivity index (χ3v) is 4.90. The van der Waals surface area contributed by atoms with Crippen molar-refractivity contribution in [3.63, 3.8) is 0 Å². The van der Waals surface area contributed by atoms with Gasteiger partial charge in [0.1, 0.15) is 5.82 Å². The second kappa shape index (κ2) is 8.22. The van der Waals surface area contributed by atoms with Crippen LogP contribution in [0.5, 0.6) is 0 Å². The number of halogens is 1. The zero-order valence-electron chi connectivity index (χ0n) is 15.6. The van der Waals surface area contributed by atoms with E-state index in [1.807, 2.05) is 30.3 Å². The molecule has 2 aromatic carbocycles. The normalized spacial score (nSPS) is 14.0. The van der Waals surface area contributed by atoms with E-state index in [0.717, 1.165) is 36.2 Å². The highest BCUT2D eigenvalue weighted by molar-refractivity contribution is 5.68. The molecule has 1 heterocycles. The molecule has 0 aliphatic heterocycles. The van der Waals surface area contributed by atoms with Crippen LogP contribution in [0.3, 0.4) is 0 Å². The fourth-order valence-electron chi connectivity index (χ4n) is 3.46. The van der Waals surface area contributed by atoms with E-state index < -0.39 is 16.4 Å². The molecule has 0 bridgehead atoms. The molecule has 0 radical (unpaired) electrons. The van der Waals surface area contributed by atoms with E-state index >= 15 is 0 Å². The van der Waals surface area contributed by atoms with Crippen molar-refractivity contribution in [1.82, 2.24) is 9.97 Å². The molecule has 0 unspecified atom stereocenters. The molecule has 7 nitrogen and oxygen atoms in total. The van der Waals surface area contributed by atoms with Crippen molar-refractivity contribution in [1.29, 1.82) is 0 Å². The third-order valence-electron chi connectivity index (χ3n) is 4.90. The van der Waals surface area contributed by atoms with Gasteiger partial charge in [-0.15, -0.1) is 0 Å². The van der Waals surface area contributed by atoms with Gasteiger partial charge in [-0.05, 0) is 25.0 Å². The molecule has 0 saturated heterocycles. The zero-order valence-corrected chi connectivity index (χ0v) is 15.6. The average Bonchev–Trinajstić information content (AvgIpc) is 3.23. The number of benzene rings is 2. The Morgan fingerprint density at radius 2 is 1.79 bits per heavy atom. The lowest BCUT2D eigenvalue weighted by atomic mass is 10.1. The minimum atomic E-state index is -0.878. The predicted octanol–water partition coefficient (Wildman–Crippen LogP) is 5.29. The molecule has 148 valence electrons. The first-order valence-corrected chi connectivity index (χ1v) is 9.50. The highest BCUT2D eigenvalue weighted by Gasteiger charge is 2.18. The fourth-order valence-corrected chi connectivity index (χ4v) is 3.46. The lowest BCUT2D eigenvalue weighted by Gasteiger charge is -2.15. The molecule has 1 aliphatic carbocycles. The molecule has 1 fully saturated rings. The number of hydrogen-bond acceptors (Lipinski definition) is 6. The van der Waals surface area contributed by atoms with Crippen LogP contribution < -0.4 is 10.6 Å². The van der Waals surface area contributed by atoms with E-state index in [1.165, 1.54) is 18.9 Å². The van der Waals surface area contributed by atoms with Gasteiger partial charge in [0.05, 0.1) is 10.6 Å². The van der Waals surface area contributed by atoms with Crippen molar-refractivity contribution in [2.75, 3.05) is 10.6 Å². The Hall–Kier alpha value is -3.55. The van der Waals surface area contributed by atoms with Crippen molar-refractivity contribution in [3.05, 3.63) is 70.5 Å². The Labute approximate surface area is 167 Å². The van der Waals surface area contributed by atoms with E-state index in [4.69, 9.17) is 0 Å². The van der Waals surface area contributed by atoms with Crippen LogP contribution in [-0.2, 0) is 0 Å². The van der Waals surface area contributed by atoms with Gasteiger partial charge in [0.25, 0.3) is 0 Å². The summed E-state index contributed by atoms with van der Waals surface area (Å²) in [7, 11) is 0. The van der Waals surface area contributed by atoms with Gasteiger partial charge in [-0.25, -0.2) is 4.98 Å². The van der Waals surface area contributed by atoms with Crippen LogP contribution in [0.25, 0.3) is 11.3 Å². The Morgan fingerprint density at radius 1 is 1.03 bits per heavy atom. The van der Waals surface area contributed by atoms with Crippen LogP contribution in [0.1, 0.15) is 25.7 Å². The summed E-state index contributed by atoms with van der Waals surface area (Å²) in [4.78, 5) is 19.4. The van der Waals surface area contributed by atoms with Crippen molar-refractivity contribution in [2.45, 2.75) is 31.7 Å². The lowest BCUT2D eigenvalue weighted by Crippen LogP contribution is -2.17. The summed E-state index contributed by atoms with van der Waals surface area (Å²) in [5.41, 5.74) is 1.44. The molecule has 4 rings (SSSR count). The molecule has 0 atom stereocenters. The number of nitro groups is 1. The maximum Gasteiger partial charge on any atom is 0.306 e. The maximum atomic E-state index is 13.6. The number of nitrogens with zero attached hydrogens (tertiary/aromatic N) is 3. The zero-order chi connectivity index (χ0) is 20.2. The molecule has 3 aromatic rings. The number of hydrogen-bond donors (Lipinski definition) is 2. The number of rotatable bonds is 6. The molecule has 8 heteroatoms. The van der Waals surface area contributed by atoms with Crippen LogP contribution in [0.2, 0.25) is 0 Å². The third kappa shape index (κ3) is 4.48. The summed E-state index contributed by atoms with van der Waals surface area (Å²) in [5.74, 6) is 0.0921. The molecule has 0 amide bonds. The topological polar surface area (TPSA) is 93.0 Å². The Balaban J connectivity index is 1.68. The molecule has 0 spiro atoms. The van der Waals surface area contributed by atoms with Crippen LogP contribution in [0.4, 0.5) is 27.5 Å². The number of nitrogens with one attached hydrogen (secondary N) is 2. The first kappa shape index (κ1) is 18.8. The summed E-state index contributed by atoms with van der Waals surface area (Å²) >= 11 is 0. The smallest absolute Gasteiger partial charge is 0.306 e. The maximum absolute atomic E-state index is 13.6. The second-order valence-electron chi connectivity index (χ2n) is 7.00. The van der Waals surface area contributed by atoms with Crippen molar-refractivity contribution >= 4 is 23.1 Å². The summed E-state index contributed by atoms with van der Waals surface area (Å²) in [6.45, 7) is 0. The van der Waals surface area contributed by atoms with E-state index in [0.29, 0.717) is 23.5 Å². The highest BCUT2D eigenvalue weighted by atomic mass is 19.1. The van der Waals surface area contributed by atoms with Gasteiger partial charge in [0.15, 0.2) is 0 Å². The Bertz CT molecular complexity index is 1020. The first-order chi connectivity index (χ1) is 14.1. The molecular weight excluding hydrogens is 373 g/mol. The fraction of sp³-hybridized carbons (Fsp3) is 0.238. The SMILES string of the molecule is O=[N+]([O-])c1cc(Nc2cc(-c3ccccc3)nc(NC3CCCC3)n2)ccc1F. The van der Waals surface area contributed by atoms with Crippen LogP contribution in [-0.4, -0.2) is 20.9 Å². The van der Waals surface area contributed by atoms with Gasteiger partial charge in [0.2, 0.25) is 11.8 Å². The minimum Gasteiger partial charge on any atom is -0.351 e. The molecule has 1 aliphatic rings. The molecule has 2 N–H and O–H groups in total. The first-order valence-electron chi connectivity index (χ1n) is 9.50. The molecular formula is C21H20FN5O2. The molecule has 1 aromatic heterocycles. The van der Waals surface area contributed by atoms with Gasteiger partial charge >= 0.3 is 5.69 Å². The van der Waals surface area contributed by atoms with Crippen LogP contribution in [0.15, 0.2) is 54.6 Å². The standard InChI is InChI=1S/C21H20FN5O2/c22-17-11-10-16(12-19(17)27(28)29)23-20-13-18(14-6-2-1-3-7-14)25-21(26-20)24-15-8-4-5-9-15/h1-3,6-7,10-13,15H,4-5,8-9H2,(H2,23,24,25,26). The van der Waals surface area contributed by atoms with Gasteiger partial charge in [-0.2, -0.15) is 9.37 Å². The number of nitro benzene ring substituents is 1. The lowest BCUT2D eigenvalue weighted by molar-refractivity contribution is -0.387. The number of anilines is 3. The largest absolute Gasteiger partial charge is 0.351 e. The molecule has 1 saturated carbocycles. The quantitative estimate of drug-likeness (QED) is 0.437. The van der Waals surface area contributed by atoms with Crippen LogP contribution >= 0.6 is 0 Å². The van der Waals surface area contributed by atoms with Gasteiger partial charge in [-0.1, -0.05) is 43.2 Å². The predicted molar refractivity (Wildman–Crippen MR) is 110 cm³/mol. The monoisotopic (exact) mass is 393 g/mol. The van der Waals surface area contributed by atoms with E-state index in [9.17, 15) is 14.5 Å². The summed E-state index contributed by atoms with van der Waals surface area (Å²) in [6.07, 6.45) is 4.51. The second-order valence-corrected chi connectivity index (χ2v) is 7.00. The van der Waals surface area contributed by atoms with Gasteiger partial charge in [0, 0.05) is 29.4 Å². The highest BCUT2D eigenvalue weighted by Crippen LogP contribution is 2.28. The van der Waals surface area contributed by atoms with E-state index in [1.54, 1.807) is 6.07 Å².